The highest BCUT2D eigenvalue weighted by Crippen LogP contribution is 2.23. The van der Waals surface area contributed by atoms with Crippen molar-refractivity contribution in [2.45, 2.75) is 18.9 Å². The Labute approximate surface area is 148 Å². The minimum absolute atomic E-state index is 0.00455. The van der Waals surface area contributed by atoms with Crippen LogP contribution in [0.3, 0.4) is 0 Å². The number of hydrogen-bond acceptors (Lipinski definition) is 6. The molecule has 1 aliphatic rings. The molecule has 1 unspecified atom stereocenters. The molecule has 4 N–H and O–H groups in total. The van der Waals surface area contributed by atoms with Crippen LogP contribution in [0.1, 0.15) is 33.8 Å². The first-order chi connectivity index (χ1) is 12.6. The van der Waals surface area contributed by atoms with E-state index in [4.69, 9.17) is 10.2 Å². The fraction of sp³-hybridized carbons (Fsp3) is 0.294. The summed E-state index contributed by atoms with van der Waals surface area (Å²) in [5, 5.41) is 6.20. The van der Waals surface area contributed by atoms with Crippen LogP contribution in [0.15, 0.2) is 35.2 Å². The number of amides is 2. The Morgan fingerprint density at radius 2 is 2.35 bits per heavy atom. The van der Waals surface area contributed by atoms with Crippen LogP contribution in [0.4, 0.5) is 0 Å². The van der Waals surface area contributed by atoms with E-state index >= 15 is 0 Å². The minimum atomic E-state index is -0.710. The van der Waals surface area contributed by atoms with Gasteiger partial charge >= 0.3 is 0 Å². The Morgan fingerprint density at radius 3 is 3.04 bits per heavy atom. The summed E-state index contributed by atoms with van der Waals surface area (Å²) in [5.41, 5.74) is 6.33. The zero-order chi connectivity index (χ0) is 18.1. The number of aromatic nitrogens is 3. The van der Waals surface area contributed by atoms with Gasteiger partial charge in [0.15, 0.2) is 17.1 Å². The summed E-state index contributed by atoms with van der Waals surface area (Å²) < 4.78 is 7.02. The zero-order valence-corrected chi connectivity index (χ0v) is 13.9. The maximum Gasteiger partial charge on any atom is 0.271 e. The van der Waals surface area contributed by atoms with Gasteiger partial charge in [0, 0.05) is 12.6 Å². The van der Waals surface area contributed by atoms with Gasteiger partial charge in [0.1, 0.15) is 12.0 Å². The van der Waals surface area contributed by atoms with Crippen molar-refractivity contribution >= 4 is 17.5 Å². The lowest BCUT2D eigenvalue weighted by Gasteiger charge is -2.12. The monoisotopic (exact) mass is 354 g/mol. The third kappa shape index (κ3) is 2.93. The van der Waals surface area contributed by atoms with Gasteiger partial charge in [-0.1, -0.05) is 0 Å². The third-order valence-corrected chi connectivity index (χ3v) is 4.41. The molecular formula is C17H18N6O3. The lowest BCUT2D eigenvalue weighted by Crippen LogP contribution is -2.37. The number of nitrogens with one attached hydrogen (secondary N) is 2. The molecule has 0 aromatic carbocycles. The molecule has 0 bridgehead atoms. The number of imidazole rings is 1. The summed E-state index contributed by atoms with van der Waals surface area (Å²) in [7, 11) is 0. The third-order valence-electron chi connectivity index (χ3n) is 4.41. The van der Waals surface area contributed by atoms with Crippen LogP contribution >= 0.6 is 0 Å². The number of carbonyl (C=O) groups excluding carboxylic acids is 2. The van der Waals surface area contributed by atoms with Crippen molar-refractivity contribution in [3.05, 3.63) is 42.2 Å². The van der Waals surface area contributed by atoms with Crippen molar-refractivity contribution in [1.29, 1.82) is 0 Å². The second kappa shape index (κ2) is 6.60. The largest absolute Gasteiger partial charge is 0.463 e. The van der Waals surface area contributed by atoms with E-state index in [2.05, 4.69) is 20.6 Å². The molecule has 1 fully saturated rings. The fourth-order valence-electron chi connectivity index (χ4n) is 3.11. The molecule has 1 saturated heterocycles. The van der Waals surface area contributed by atoms with Crippen LogP contribution < -0.4 is 16.4 Å². The highest BCUT2D eigenvalue weighted by Gasteiger charge is 2.21. The molecule has 1 aliphatic heterocycles. The van der Waals surface area contributed by atoms with E-state index in [9.17, 15) is 9.59 Å². The van der Waals surface area contributed by atoms with Gasteiger partial charge in [-0.15, -0.1) is 0 Å². The topological polar surface area (TPSA) is 128 Å². The number of primary amides is 1. The highest BCUT2D eigenvalue weighted by atomic mass is 16.3. The van der Waals surface area contributed by atoms with E-state index in [-0.39, 0.29) is 29.0 Å². The van der Waals surface area contributed by atoms with Crippen LogP contribution in [0.5, 0.6) is 0 Å². The molecule has 0 aliphatic carbocycles. The molecule has 0 radical (unpaired) electrons. The van der Waals surface area contributed by atoms with Crippen molar-refractivity contribution < 1.29 is 14.0 Å². The zero-order valence-electron chi connectivity index (χ0n) is 13.9. The van der Waals surface area contributed by atoms with Crippen molar-refractivity contribution in [2.75, 3.05) is 13.1 Å². The van der Waals surface area contributed by atoms with Gasteiger partial charge in [-0.3, -0.25) is 14.0 Å². The van der Waals surface area contributed by atoms with Crippen LogP contribution in [0.25, 0.3) is 17.1 Å². The molecule has 4 heterocycles. The summed E-state index contributed by atoms with van der Waals surface area (Å²) >= 11 is 0. The van der Waals surface area contributed by atoms with Crippen molar-refractivity contribution in [3.63, 3.8) is 0 Å². The maximum absolute atomic E-state index is 12.6. The molecule has 1 atom stereocenters. The van der Waals surface area contributed by atoms with Gasteiger partial charge in [0.05, 0.1) is 12.0 Å². The van der Waals surface area contributed by atoms with Gasteiger partial charge < -0.3 is 20.8 Å². The lowest BCUT2D eigenvalue weighted by molar-refractivity contribution is 0.0943. The van der Waals surface area contributed by atoms with Gasteiger partial charge in [0.2, 0.25) is 0 Å². The Kier molecular flexibility index (Phi) is 4.13. The number of carbonyl (C=O) groups is 2. The average Bonchev–Trinajstić information content (AvgIpc) is 3.39. The van der Waals surface area contributed by atoms with Crippen LogP contribution in [0, 0.1) is 0 Å². The van der Waals surface area contributed by atoms with Gasteiger partial charge in [-0.05, 0) is 37.6 Å². The van der Waals surface area contributed by atoms with E-state index in [0.717, 1.165) is 19.4 Å². The predicted octanol–water partition coefficient (Wildman–Crippen LogP) is 0.570. The SMILES string of the molecule is NC(=O)c1ncn2c(-c3ccco3)cc(C(=O)NCC3CCCN3)nc12. The quantitative estimate of drug-likeness (QED) is 0.615. The first-order valence-electron chi connectivity index (χ1n) is 8.37. The van der Waals surface area contributed by atoms with E-state index in [0.29, 0.717) is 18.0 Å². The van der Waals surface area contributed by atoms with E-state index in [1.54, 1.807) is 22.6 Å². The minimum Gasteiger partial charge on any atom is -0.463 e. The molecular weight excluding hydrogens is 336 g/mol. The number of nitrogens with two attached hydrogens (primary N) is 1. The van der Waals surface area contributed by atoms with Gasteiger partial charge in [-0.2, -0.15) is 0 Å². The summed E-state index contributed by atoms with van der Waals surface area (Å²) in [6.45, 7) is 1.48. The molecule has 134 valence electrons. The van der Waals surface area contributed by atoms with Crippen LogP contribution in [0.2, 0.25) is 0 Å². The van der Waals surface area contributed by atoms with Crippen molar-refractivity contribution in [3.8, 4) is 11.5 Å². The Hall–Kier alpha value is -3.20. The smallest absolute Gasteiger partial charge is 0.271 e. The molecule has 3 aromatic heterocycles. The summed E-state index contributed by atoms with van der Waals surface area (Å²) in [5.74, 6) is -0.513. The Balaban J connectivity index is 1.72. The van der Waals surface area contributed by atoms with Gasteiger partial charge in [-0.25, -0.2) is 9.97 Å². The standard InChI is InChI=1S/C17H18N6O3/c18-15(24)14-16-22-11(17(25)20-8-10-3-1-5-19-10)7-12(23(16)9-21-14)13-4-2-6-26-13/h2,4,6-7,9-10,19H,1,3,5,8H2,(H2,18,24)(H,20,25). The number of fused-ring (bicyclic) bond motifs is 1. The number of rotatable bonds is 5. The molecule has 2 amide bonds. The molecule has 4 rings (SSSR count). The predicted molar refractivity (Wildman–Crippen MR) is 92.6 cm³/mol. The second-order valence-electron chi connectivity index (χ2n) is 6.16. The van der Waals surface area contributed by atoms with E-state index in [1.165, 1.54) is 12.6 Å². The first-order valence-corrected chi connectivity index (χ1v) is 8.37. The lowest BCUT2D eigenvalue weighted by atomic mass is 10.2. The maximum atomic E-state index is 12.6. The summed E-state index contributed by atoms with van der Waals surface area (Å²) in [4.78, 5) is 32.5. The normalized spacial score (nSPS) is 16.8. The fourth-order valence-corrected chi connectivity index (χ4v) is 3.11. The average molecular weight is 354 g/mol. The molecule has 3 aromatic rings. The summed E-state index contributed by atoms with van der Waals surface area (Å²) in [6, 6.07) is 5.36. The van der Waals surface area contributed by atoms with Crippen molar-refractivity contribution in [1.82, 2.24) is 25.0 Å². The molecule has 0 spiro atoms. The van der Waals surface area contributed by atoms with Crippen molar-refractivity contribution in [2.24, 2.45) is 5.73 Å². The number of nitrogens with zero attached hydrogens (tertiary/aromatic N) is 3. The van der Waals surface area contributed by atoms with Crippen LogP contribution in [-0.4, -0.2) is 45.3 Å². The second-order valence-corrected chi connectivity index (χ2v) is 6.16. The Bertz CT molecular complexity index is 956. The van der Waals surface area contributed by atoms with Crippen LogP contribution in [-0.2, 0) is 0 Å². The number of hydrogen-bond donors (Lipinski definition) is 3. The molecule has 0 saturated carbocycles. The van der Waals surface area contributed by atoms with Gasteiger partial charge in [0.25, 0.3) is 11.8 Å². The molecule has 26 heavy (non-hydrogen) atoms. The van der Waals surface area contributed by atoms with E-state index in [1.807, 2.05) is 0 Å². The number of furan rings is 1. The Morgan fingerprint density at radius 1 is 1.46 bits per heavy atom. The summed E-state index contributed by atoms with van der Waals surface area (Å²) in [6.07, 6.45) is 5.09. The van der Waals surface area contributed by atoms with E-state index < -0.39 is 5.91 Å². The molecule has 9 heteroatoms. The molecule has 9 nitrogen and oxygen atoms in total. The highest BCUT2D eigenvalue weighted by molar-refractivity contribution is 5.99. The first kappa shape index (κ1) is 16.3.